The van der Waals surface area contributed by atoms with Gasteiger partial charge in [0.15, 0.2) is 0 Å². The zero-order valence-corrected chi connectivity index (χ0v) is 21.4. The van der Waals surface area contributed by atoms with Crippen molar-refractivity contribution in [2.75, 3.05) is 0 Å². The van der Waals surface area contributed by atoms with Gasteiger partial charge in [0.2, 0.25) is 11.8 Å². The van der Waals surface area contributed by atoms with E-state index in [-0.39, 0.29) is 0 Å². The molecule has 0 atom stereocenters. The SMILES string of the molecule is c1ccc2c(c1)c1cc(-c3ccc(-c4ncco4)cc3)ccc1c1ccc(-c3ccc(-c4ncco4)cc3)cc21. The quantitative estimate of drug-likeness (QED) is 0.219. The maximum atomic E-state index is 5.45. The van der Waals surface area contributed by atoms with E-state index in [0.29, 0.717) is 11.8 Å². The van der Waals surface area contributed by atoms with E-state index in [2.05, 4.69) is 119 Å². The summed E-state index contributed by atoms with van der Waals surface area (Å²) >= 11 is 0. The molecule has 0 amide bonds. The Morgan fingerprint density at radius 2 is 0.725 bits per heavy atom. The Kier molecular flexibility index (Phi) is 5.10. The molecule has 0 fully saturated rings. The third kappa shape index (κ3) is 3.69. The fraction of sp³-hybridized carbons (Fsp3) is 0. The fourth-order valence-electron chi connectivity index (χ4n) is 5.66. The van der Waals surface area contributed by atoms with Gasteiger partial charge in [-0.1, -0.05) is 72.8 Å². The van der Waals surface area contributed by atoms with Crippen LogP contribution in [0.2, 0.25) is 0 Å². The Bertz CT molecular complexity index is 1950. The highest BCUT2D eigenvalue weighted by molar-refractivity contribution is 6.26. The molecule has 0 saturated carbocycles. The Labute approximate surface area is 230 Å². The first-order valence-corrected chi connectivity index (χ1v) is 13.2. The van der Waals surface area contributed by atoms with Crippen molar-refractivity contribution in [2.45, 2.75) is 0 Å². The van der Waals surface area contributed by atoms with Gasteiger partial charge >= 0.3 is 0 Å². The molecule has 0 radical (unpaired) electrons. The Hall–Kier alpha value is -5.48. The van der Waals surface area contributed by atoms with E-state index in [9.17, 15) is 0 Å². The number of fused-ring (bicyclic) bond motifs is 6. The summed E-state index contributed by atoms with van der Waals surface area (Å²) in [5, 5.41) is 7.50. The number of hydrogen-bond acceptors (Lipinski definition) is 4. The molecule has 0 saturated heterocycles. The van der Waals surface area contributed by atoms with E-state index < -0.39 is 0 Å². The zero-order valence-electron chi connectivity index (χ0n) is 21.4. The molecule has 0 unspecified atom stereocenters. The minimum atomic E-state index is 0.632. The molecule has 4 heteroatoms. The van der Waals surface area contributed by atoms with Gasteiger partial charge in [0, 0.05) is 11.1 Å². The van der Waals surface area contributed by atoms with Crippen molar-refractivity contribution in [3.63, 3.8) is 0 Å². The molecule has 4 nitrogen and oxygen atoms in total. The summed E-state index contributed by atoms with van der Waals surface area (Å²) in [6.45, 7) is 0. The molecule has 0 aliphatic carbocycles. The second kappa shape index (κ2) is 9.07. The summed E-state index contributed by atoms with van der Waals surface area (Å²) in [5.74, 6) is 1.26. The van der Waals surface area contributed by atoms with Crippen molar-refractivity contribution >= 4 is 32.3 Å². The molecule has 0 spiro atoms. The smallest absolute Gasteiger partial charge is 0.225 e. The van der Waals surface area contributed by atoms with Crippen molar-refractivity contribution in [3.8, 4) is 45.2 Å². The second-order valence-electron chi connectivity index (χ2n) is 9.90. The Morgan fingerprint density at radius 3 is 1.12 bits per heavy atom. The van der Waals surface area contributed by atoms with Crippen LogP contribution in [0.1, 0.15) is 0 Å². The molecular formula is C36H22N2O2. The van der Waals surface area contributed by atoms with Crippen LogP contribution in [0.3, 0.4) is 0 Å². The van der Waals surface area contributed by atoms with Gasteiger partial charge in [0.25, 0.3) is 0 Å². The number of benzene rings is 6. The highest BCUT2D eigenvalue weighted by Gasteiger charge is 2.12. The highest BCUT2D eigenvalue weighted by Crippen LogP contribution is 2.39. The third-order valence-electron chi connectivity index (χ3n) is 7.63. The lowest BCUT2D eigenvalue weighted by atomic mass is 9.90. The van der Waals surface area contributed by atoms with Crippen molar-refractivity contribution in [2.24, 2.45) is 0 Å². The molecule has 0 aliphatic heterocycles. The first kappa shape index (κ1) is 22.5. The average Bonchev–Trinajstić information content (AvgIpc) is 3.77. The molecule has 6 aromatic carbocycles. The molecule has 8 aromatic rings. The minimum absolute atomic E-state index is 0.632. The maximum Gasteiger partial charge on any atom is 0.225 e. The minimum Gasteiger partial charge on any atom is -0.445 e. The molecule has 40 heavy (non-hydrogen) atoms. The lowest BCUT2D eigenvalue weighted by molar-refractivity contribution is 0.574. The van der Waals surface area contributed by atoms with Gasteiger partial charge in [-0.15, -0.1) is 0 Å². The van der Waals surface area contributed by atoms with Gasteiger partial charge < -0.3 is 8.83 Å². The van der Waals surface area contributed by atoms with E-state index >= 15 is 0 Å². The predicted molar refractivity (Wildman–Crippen MR) is 161 cm³/mol. The Balaban J connectivity index is 1.25. The van der Waals surface area contributed by atoms with E-state index in [4.69, 9.17) is 8.83 Å². The van der Waals surface area contributed by atoms with Gasteiger partial charge in [-0.2, -0.15) is 0 Å². The second-order valence-corrected chi connectivity index (χ2v) is 9.90. The van der Waals surface area contributed by atoms with E-state index in [0.717, 1.165) is 22.3 Å². The number of oxazole rings is 2. The van der Waals surface area contributed by atoms with Crippen LogP contribution < -0.4 is 0 Å². The van der Waals surface area contributed by atoms with Gasteiger partial charge in [-0.05, 0) is 91.0 Å². The maximum absolute atomic E-state index is 5.45. The van der Waals surface area contributed by atoms with Crippen LogP contribution in [-0.4, -0.2) is 9.97 Å². The van der Waals surface area contributed by atoms with Crippen LogP contribution in [-0.2, 0) is 0 Å². The summed E-state index contributed by atoms with van der Waals surface area (Å²) in [6, 6.07) is 39.0. The number of hydrogen-bond donors (Lipinski definition) is 0. The third-order valence-corrected chi connectivity index (χ3v) is 7.63. The number of aromatic nitrogens is 2. The summed E-state index contributed by atoms with van der Waals surface area (Å²) in [6.07, 6.45) is 6.53. The van der Waals surface area contributed by atoms with Crippen molar-refractivity contribution in [1.82, 2.24) is 9.97 Å². The van der Waals surface area contributed by atoms with Crippen LogP contribution in [0.5, 0.6) is 0 Å². The molecule has 0 bridgehead atoms. The fourth-order valence-corrected chi connectivity index (χ4v) is 5.66. The van der Waals surface area contributed by atoms with Crippen molar-refractivity contribution < 1.29 is 8.83 Å². The molecule has 0 aliphatic rings. The molecular weight excluding hydrogens is 492 g/mol. The van der Waals surface area contributed by atoms with Crippen LogP contribution in [0.15, 0.2) is 143 Å². The van der Waals surface area contributed by atoms with E-state index in [1.807, 2.05) is 0 Å². The first-order valence-electron chi connectivity index (χ1n) is 13.2. The summed E-state index contributed by atoms with van der Waals surface area (Å²) in [7, 11) is 0. The van der Waals surface area contributed by atoms with Crippen molar-refractivity contribution in [3.05, 3.63) is 134 Å². The number of rotatable bonds is 4. The topological polar surface area (TPSA) is 52.1 Å². The van der Waals surface area contributed by atoms with Gasteiger partial charge in [0.05, 0.1) is 12.4 Å². The summed E-state index contributed by atoms with van der Waals surface area (Å²) in [4.78, 5) is 8.52. The van der Waals surface area contributed by atoms with Crippen molar-refractivity contribution in [1.29, 1.82) is 0 Å². The standard InChI is InChI=1S/C36H22N2O2/c1-2-4-30-29(3-1)33-21-27(23-5-9-25(10-6-23)35-37-17-19-39-35)13-15-31(33)32-16-14-28(22-34(30)32)24-7-11-26(12-8-24)36-38-18-20-40-36/h1-22H. The van der Waals surface area contributed by atoms with Crippen LogP contribution in [0.25, 0.3) is 77.5 Å². The molecule has 2 aromatic heterocycles. The van der Waals surface area contributed by atoms with Gasteiger partial charge in [-0.3, -0.25) is 0 Å². The molecule has 8 rings (SSSR count). The zero-order chi connectivity index (χ0) is 26.5. The van der Waals surface area contributed by atoms with E-state index in [1.54, 1.807) is 24.9 Å². The first-order chi connectivity index (χ1) is 19.8. The monoisotopic (exact) mass is 514 g/mol. The lowest BCUT2D eigenvalue weighted by Crippen LogP contribution is -1.87. The van der Waals surface area contributed by atoms with Crippen LogP contribution >= 0.6 is 0 Å². The van der Waals surface area contributed by atoms with Crippen LogP contribution in [0.4, 0.5) is 0 Å². The Morgan fingerprint density at radius 1 is 0.350 bits per heavy atom. The van der Waals surface area contributed by atoms with Gasteiger partial charge in [-0.25, -0.2) is 9.97 Å². The summed E-state index contributed by atoms with van der Waals surface area (Å²) < 4.78 is 10.9. The average molecular weight is 515 g/mol. The largest absolute Gasteiger partial charge is 0.445 e. The molecule has 0 N–H and O–H groups in total. The van der Waals surface area contributed by atoms with Gasteiger partial charge in [0.1, 0.15) is 12.5 Å². The highest BCUT2D eigenvalue weighted by atomic mass is 16.3. The molecule has 188 valence electrons. The lowest BCUT2D eigenvalue weighted by Gasteiger charge is -2.14. The summed E-state index contributed by atoms with van der Waals surface area (Å²) in [5.41, 5.74) is 6.61. The van der Waals surface area contributed by atoms with E-state index in [1.165, 1.54) is 43.4 Å². The molecule has 2 heterocycles. The normalized spacial score (nSPS) is 11.5. The van der Waals surface area contributed by atoms with Crippen LogP contribution in [0, 0.1) is 0 Å². The number of nitrogens with zero attached hydrogens (tertiary/aromatic N) is 2. The predicted octanol–water partition coefficient (Wildman–Crippen LogP) is 9.79.